The summed E-state index contributed by atoms with van der Waals surface area (Å²) in [7, 11) is 0. The number of rotatable bonds is 4. The van der Waals surface area contributed by atoms with Crippen molar-refractivity contribution in [2.45, 2.75) is 26.2 Å². The van der Waals surface area contributed by atoms with Gasteiger partial charge in [-0.15, -0.1) is 11.3 Å². The van der Waals surface area contributed by atoms with Gasteiger partial charge in [0.05, 0.1) is 12.3 Å². The van der Waals surface area contributed by atoms with E-state index in [4.69, 9.17) is 4.42 Å². The predicted octanol–water partition coefficient (Wildman–Crippen LogP) is 3.20. The molecule has 0 fully saturated rings. The number of aromatic nitrogens is 1. The van der Waals surface area contributed by atoms with E-state index in [0.717, 1.165) is 28.6 Å². The molecule has 1 atom stereocenters. The molecule has 0 bridgehead atoms. The number of aliphatic hydroxyl groups excluding tert-OH is 1. The van der Waals surface area contributed by atoms with Crippen LogP contribution in [0.1, 0.15) is 30.7 Å². The first-order chi connectivity index (χ1) is 7.74. The average Bonchev–Trinajstić information content (AvgIpc) is 2.89. The minimum Gasteiger partial charge on any atom is -0.459 e. The Labute approximate surface area is 98.8 Å². The molecule has 2 aromatic rings. The normalized spacial score (nSPS) is 12.9. The summed E-state index contributed by atoms with van der Waals surface area (Å²) >= 11 is 1.56. The fraction of sp³-hybridized carbons (Fsp3) is 0.417. The van der Waals surface area contributed by atoms with Crippen molar-refractivity contribution in [1.82, 2.24) is 4.98 Å². The molecule has 86 valence electrons. The van der Waals surface area contributed by atoms with Crippen molar-refractivity contribution >= 4 is 11.3 Å². The van der Waals surface area contributed by atoms with Gasteiger partial charge in [0.1, 0.15) is 5.76 Å². The van der Waals surface area contributed by atoms with E-state index in [1.54, 1.807) is 11.3 Å². The number of thiazole rings is 1. The Bertz CT molecular complexity index is 457. The minimum atomic E-state index is 0.140. The van der Waals surface area contributed by atoms with Gasteiger partial charge in [0.25, 0.3) is 0 Å². The second-order valence-corrected chi connectivity index (χ2v) is 4.63. The van der Waals surface area contributed by atoms with Gasteiger partial charge in [0.2, 0.25) is 0 Å². The van der Waals surface area contributed by atoms with E-state index in [0.29, 0.717) is 0 Å². The van der Waals surface area contributed by atoms with Crippen LogP contribution in [0.4, 0.5) is 0 Å². The molecular formula is C12H15NO2S. The largest absolute Gasteiger partial charge is 0.459 e. The Morgan fingerprint density at radius 1 is 1.50 bits per heavy atom. The van der Waals surface area contributed by atoms with E-state index in [2.05, 4.69) is 11.9 Å². The van der Waals surface area contributed by atoms with Crippen LogP contribution in [0.15, 0.2) is 21.9 Å². The molecule has 0 aliphatic heterocycles. The smallest absolute Gasteiger partial charge is 0.162 e. The van der Waals surface area contributed by atoms with Crippen molar-refractivity contribution in [1.29, 1.82) is 0 Å². The average molecular weight is 237 g/mol. The number of aryl methyl sites for hydroxylation is 1. The molecule has 0 spiro atoms. The molecule has 0 aliphatic rings. The lowest BCUT2D eigenvalue weighted by molar-refractivity contribution is 0.260. The SMILES string of the molecule is CCC(CO)c1csc(-c2ccc(C)o2)n1. The summed E-state index contributed by atoms with van der Waals surface area (Å²) in [6, 6.07) is 3.86. The highest BCUT2D eigenvalue weighted by molar-refractivity contribution is 7.13. The number of nitrogens with zero attached hydrogens (tertiary/aromatic N) is 1. The number of hydrogen-bond donors (Lipinski definition) is 1. The van der Waals surface area contributed by atoms with Gasteiger partial charge in [-0.1, -0.05) is 6.92 Å². The molecule has 2 heterocycles. The van der Waals surface area contributed by atoms with Crippen LogP contribution < -0.4 is 0 Å². The topological polar surface area (TPSA) is 46.3 Å². The summed E-state index contributed by atoms with van der Waals surface area (Å²) in [6.07, 6.45) is 0.900. The fourth-order valence-corrected chi connectivity index (χ4v) is 2.43. The first kappa shape index (κ1) is 11.4. The lowest BCUT2D eigenvalue weighted by atomic mass is 10.1. The number of furan rings is 1. The molecule has 0 saturated heterocycles. The van der Waals surface area contributed by atoms with Crippen molar-refractivity contribution in [3.05, 3.63) is 29.0 Å². The highest BCUT2D eigenvalue weighted by Crippen LogP contribution is 2.29. The zero-order chi connectivity index (χ0) is 11.5. The quantitative estimate of drug-likeness (QED) is 0.888. The lowest BCUT2D eigenvalue weighted by Gasteiger charge is -2.06. The summed E-state index contributed by atoms with van der Waals surface area (Å²) in [4.78, 5) is 4.50. The Hall–Kier alpha value is -1.13. The Balaban J connectivity index is 2.25. The predicted molar refractivity (Wildman–Crippen MR) is 64.7 cm³/mol. The monoisotopic (exact) mass is 237 g/mol. The maximum absolute atomic E-state index is 9.20. The molecule has 16 heavy (non-hydrogen) atoms. The number of aliphatic hydroxyl groups is 1. The highest BCUT2D eigenvalue weighted by atomic mass is 32.1. The van der Waals surface area contributed by atoms with Gasteiger partial charge < -0.3 is 9.52 Å². The maximum Gasteiger partial charge on any atom is 0.162 e. The van der Waals surface area contributed by atoms with Crippen molar-refractivity contribution in [3.63, 3.8) is 0 Å². The first-order valence-corrected chi connectivity index (χ1v) is 6.25. The molecule has 2 rings (SSSR count). The van der Waals surface area contributed by atoms with Gasteiger partial charge in [-0.05, 0) is 25.5 Å². The van der Waals surface area contributed by atoms with Crippen molar-refractivity contribution < 1.29 is 9.52 Å². The van der Waals surface area contributed by atoms with Gasteiger partial charge in [0, 0.05) is 11.3 Å². The molecule has 0 saturated carbocycles. The molecule has 1 N–H and O–H groups in total. The zero-order valence-corrected chi connectivity index (χ0v) is 10.3. The second-order valence-electron chi connectivity index (χ2n) is 3.78. The molecule has 0 amide bonds. The second kappa shape index (κ2) is 4.80. The van der Waals surface area contributed by atoms with Gasteiger partial charge >= 0.3 is 0 Å². The van der Waals surface area contributed by atoms with Crippen LogP contribution in [0.25, 0.3) is 10.8 Å². The highest BCUT2D eigenvalue weighted by Gasteiger charge is 2.14. The molecule has 1 unspecified atom stereocenters. The molecule has 0 aliphatic carbocycles. The van der Waals surface area contributed by atoms with E-state index in [-0.39, 0.29) is 12.5 Å². The molecule has 3 nitrogen and oxygen atoms in total. The maximum atomic E-state index is 9.20. The molecular weight excluding hydrogens is 222 g/mol. The van der Waals surface area contributed by atoms with Crippen molar-refractivity contribution in [2.24, 2.45) is 0 Å². The van der Waals surface area contributed by atoms with Gasteiger partial charge in [-0.25, -0.2) is 4.98 Å². The van der Waals surface area contributed by atoms with E-state index in [1.807, 2.05) is 24.4 Å². The minimum absolute atomic E-state index is 0.140. The third-order valence-corrected chi connectivity index (χ3v) is 3.48. The van der Waals surface area contributed by atoms with E-state index in [9.17, 15) is 5.11 Å². The lowest BCUT2D eigenvalue weighted by Crippen LogP contribution is -2.02. The third kappa shape index (κ3) is 2.18. The number of hydrogen-bond acceptors (Lipinski definition) is 4. The fourth-order valence-electron chi connectivity index (χ4n) is 1.57. The van der Waals surface area contributed by atoms with Gasteiger partial charge in [-0.2, -0.15) is 0 Å². The summed E-state index contributed by atoms with van der Waals surface area (Å²) in [6.45, 7) is 4.12. The first-order valence-electron chi connectivity index (χ1n) is 5.37. The zero-order valence-electron chi connectivity index (χ0n) is 9.43. The standard InChI is InChI=1S/C12H15NO2S/c1-3-9(6-14)10-7-16-12(13-10)11-5-4-8(2)15-11/h4-5,7,9,14H,3,6H2,1-2H3. The van der Waals surface area contributed by atoms with Crippen LogP contribution in [0, 0.1) is 6.92 Å². The summed E-state index contributed by atoms with van der Waals surface area (Å²) in [5, 5.41) is 12.1. The summed E-state index contributed by atoms with van der Waals surface area (Å²) < 4.78 is 5.52. The molecule has 4 heteroatoms. The van der Waals surface area contributed by atoms with Crippen LogP contribution in [0.3, 0.4) is 0 Å². The Kier molecular flexibility index (Phi) is 3.41. The van der Waals surface area contributed by atoms with E-state index < -0.39 is 0 Å². The molecule has 0 aromatic carbocycles. The van der Waals surface area contributed by atoms with Crippen LogP contribution in [-0.2, 0) is 0 Å². The van der Waals surface area contributed by atoms with Crippen LogP contribution in [-0.4, -0.2) is 16.7 Å². The Morgan fingerprint density at radius 3 is 2.88 bits per heavy atom. The van der Waals surface area contributed by atoms with Crippen LogP contribution in [0.5, 0.6) is 0 Å². The molecule has 2 aromatic heterocycles. The van der Waals surface area contributed by atoms with Crippen LogP contribution in [0.2, 0.25) is 0 Å². The van der Waals surface area contributed by atoms with Gasteiger partial charge in [-0.3, -0.25) is 0 Å². The summed E-state index contributed by atoms with van der Waals surface area (Å²) in [5.41, 5.74) is 0.957. The summed E-state index contributed by atoms with van der Waals surface area (Å²) in [5.74, 6) is 1.84. The van der Waals surface area contributed by atoms with Crippen LogP contribution >= 0.6 is 11.3 Å². The van der Waals surface area contributed by atoms with Crippen molar-refractivity contribution in [3.8, 4) is 10.8 Å². The molecule has 0 radical (unpaired) electrons. The Morgan fingerprint density at radius 2 is 2.31 bits per heavy atom. The van der Waals surface area contributed by atoms with E-state index >= 15 is 0 Å². The van der Waals surface area contributed by atoms with Crippen molar-refractivity contribution in [2.75, 3.05) is 6.61 Å². The van der Waals surface area contributed by atoms with Gasteiger partial charge in [0.15, 0.2) is 10.8 Å². The third-order valence-electron chi connectivity index (χ3n) is 2.60. The van der Waals surface area contributed by atoms with E-state index in [1.165, 1.54) is 0 Å².